The van der Waals surface area contributed by atoms with E-state index in [4.69, 9.17) is 14.7 Å². The molecular formula is C14H14N2O2. The van der Waals surface area contributed by atoms with Crippen LogP contribution in [0.1, 0.15) is 11.3 Å². The zero-order valence-corrected chi connectivity index (χ0v) is 10.7. The molecule has 2 aromatic rings. The summed E-state index contributed by atoms with van der Waals surface area (Å²) in [7, 11) is 3.24. The fourth-order valence-corrected chi connectivity index (χ4v) is 2.05. The van der Waals surface area contributed by atoms with Crippen LogP contribution in [0, 0.1) is 18.3 Å². The third-order valence-corrected chi connectivity index (χ3v) is 2.84. The van der Waals surface area contributed by atoms with Gasteiger partial charge >= 0.3 is 0 Å². The first-order chi connectivity index (χ1) is 8.71. The first kappa shape index (κ1) is 12.2. The molecule has 0 bridgehead atoms. The molecule has 0 spiro atoms. The highest BCUT2D eigenvalue weighted by Crippen LogP contribution is 2.34. The third-order valence-electron chi connectivity index (χ3n) is 2.84. The van der Waals surface area contributed by atoms with Crippen molar-refractivity contribution in [2.45, 2.75) is 13.3 Å². The first-order valence-electron chi connectivity index (χ1n) is 5.59. The van der Waals surface area contributed by atoms with Crippen LogP contribution in [-0.4, -0.2) is 19.2 Å². The summed E-state index contributed by atoms with van der Waals surface area (Å²) in [5.41, 5.74) is 2.51. The number of methoxy groups -OCH3 is 2. The van der Waals surface area contributed by atoms with E-state index >= 15 is 0 Å². The van der Waals surface area contributed by atoms with Gasteiger partial charge in [0.2, 0.25) is 0 Å². The zero-order valence-electron chi connectivity index (χ0n) is 10.7. The smallest absolute Gasteiger partial charge is 0.145 e. The van der Waals surface area contributed by atoms with Crippen LogP contribution in [0.25, 0.3) is 10.9 Å². The van der Waals surface area contributed by atoms with Crippen molar-refractivity contribution in [3.05, 3.63) is 29.5 Å². The average molecular weight is 242 g/mol. The van der Waals surface area contributed by atoms with E-state index in [-0.39, 0.29) is 6.42 Å². The van der Waals surface area contributed by atoms with E-state index in [0.29, 0.717) is 5.75 Å². The topological polar surface area (TPSA) is 55.1 Å². The van der Waals surface area contributed by atoms with Gasteiger partial charge < -0.3 is 9.47 Å². The molecule has 0 aliphatic heterocycles. The average Bonchev–Trinajstić information content (AvgIpc) is 2.37. The Balaban J connectivity index is 2.80. The third kappa shape index (κ3) is 1.95. The lowest BCUT2D eigenvalue weighted by molar-refractivity contribution is 0.409. The Bertz CT molecular complexity index is 630. The van der Waals surface area contributed by atoms with Crippen molar-refractivity contribution < 1.29 is 9.47 Å². The molecule has 0 aliphatic rings. The van der Waals surface area contributed by atoms with Gasteiger partial charge in [0.05, 0.1) is 32.4 Å². The second kappa shape index (κ2) is 4.92. The van der Waals surface area contributed by atoms with Gasteiger partial charge in [-0.05, 0) is 30.7 Å². The second-order valence-corrected chi connectivity index (χ2v) is 3.96. The van der Waals surface area contributed by atoms with Crippen LogP contribution in [-0.2, 0) is 6.42 Å². The van der Waals surface area contributed by atoms with Crippen molar-refractivity contribution in [1.82, 2.24) is 4.98 Å². The number of pyridine rings is 1. The maximum atomic E-state index is 8.76. The summed E-state index contributed by atoms with van der Waals surface area (Å²) >= 11 is 0. The number of aromatic nitrogens is 1. The van der Waals surface area contributed by atoms with E-state index in [1.54, 1.807) is 14.2 Å². The van der Waals surface area contributed by atoms with Crippen LogP contribution in [0.3, 0.4) is 0 Å². The predicted octanol–water partition coefficient (Wildman–Crippen LogP) is 2.63. The highest BCUT2D eigenvalue weighted by Gasteiger charge is 2.12. The van der Waals surface area contributed by atoms with Gasteiger partial charge in [-0.1, -0.05) is 0 Å². The van der Waals surface area contributed by atoms with E-state index in [1.165, 1.54) is 0 Å². The van der Waals surface area contributed by atoms with Crippen LogP contribution < -0.4 is 9.47 Å². The number of aryl methyl sites for hydroxylation is 1. The molecule has 0 N–H and O–H groups in total. The number of rotatable bonds is 3. The minimum Gasteiger partial charge on any atom is -0.496 e. The van der Waals surface area contributed by atoms with Crippen LogP contribution in [0.15, 0.2) is 18.2 Å². The van der Waals surface area contributed by atoms with Crippen molar-refractivity contribution in [1.29, 1.82) is 5.26 Å². The fraction of sp³-hybridized carbons (Fsp3) is 0.286. The van der Waals surface area contributed by atoms with Crippen molar-refractivity contribution in [3.8, 4) is 17.6 Å². The van der Waals surface area contributed by atoms with Gasteiger partial charge in [0.1, 0.15) is 17.0 Å². The van der Waals surface area contributed by atoms with Crippen LogP contribution in [0.4, 0.5) is 0 Å². The monoisotopic (exact) mass is 242 g/mol. The minimum atomic E-state index is 0.289. The standard InChI is InChI=1S/C14H14N2O2/c1-9-8-10(6-7-15)16-14-12(18-3)5-4-11(17-2)13(9)14/h4-5,8H,6H2,1-3H3. The summed E-state index contributed by atoms with van der Waals surface area (Å²) in [5.74, 6) is 1.45. The lowest BCUT2D eigenvalue weighted by Gasteiger charge is -2.12. The van der Waals surface area contributed by atoms with Gasteiger partial charge in [0, 0.05) is 5.39 Å². The fourth-order valence-electron chi connectivity index (χ4n) is 2.05. The summed E-state index contributed by atoms with van der Waals surface area (Å²) in [4.78, 5) is 4.48. The Labute approximate surface area is 106 Å². The molecule has 1 heterocycles. The number of nitriles is 1. The molecule has 0 atom stereocenters. The normalized spacial score (nSPS) is 10.1. The maximum Gasteiger partial charge on any atom is 0.145 e. The number of fused-ring (bicyclic) bond motifs is 1. The van der Waals surface area contributed by atoms with Crippen LogP contribution in [0.2, 0.25) is 0 Å². The Morgan fingerprint density at radius 3 is 2.50 bits per heavy atom. The molecule has 0 amide bonds. The molecule has 0 fully saturated rings. The Kier molecular flexibility index (Phi) is 3.33. The molecule has 1 aromatic heterocycles. The van der Waals surface area contributed by atoms with Gasteiger partial charge in [-0.25, -0.2) is 4.98 Å². The quantitative estimate of drug-likeness (QED) is 0.830. The van der Waals surface area contributed by atoms with E-state index in [0.717, 1.165) is 27.9 Å². The lowest BCUT2D eigenvalue weighted by Crippen LogP contribution is -1.97. The van der Waals surface area contributed by atoms with Crippen molar-refractivity contribution >= 4 is 10.9 Å². The van der Waals surface area contributed by atoms with Crippen LogP contribution >= 0.6 is 0 Å². The van der Waals surface area contributed by atoms with E-state index in [2.05, 4.69) is 11.1 Å². The van der Waals surface area contributed by atoms with Crippen molar-refractivity contribution in [3.63, 3.8) is 0 Å². The summed E-state index contributed by atoms with van der Waals surface area (Å²) in [6.07, 6.45) is 0.289. The van der Waals surface area contributed by atoms with Crippen LogP contribution in [0.5, 0.6) is 11.5 Å². The highest BCUT2D eigenvalue weighted by molar-refractivity contribution is 5.92. The molecule has 4 nitrogen and oxygen atoms in total. The van der Waals surface area contributed by atoms with E-state index in [9.17, 15) is 0 Å². The molecule has 0 radical (unpaired) electrons. The Morgan fingerprint density at radius 2 is 1.89 bits per heavy atom. The molecule has 1 aromatic carbocycles. The molecule has 0 saturated heterocycles. The van der Waals surface area contributed by atoms with Crippen molar-refractivity contribution in [2.24, 2.45) is 0 Å². The van der Waals surface area contributed by atoms with Gasteiger partial charge in [0.25, 0.3) is 0 Å². The largest absolute Gasteiger partial charge is 0.496 e. The molecule has 2 rings (SSSR count). The van der Waals surface area contributed by atoms with Gasteiger partial charge in [-0.3, -0.25) is 0 Å². The summed E-state index contributed by atoms with van der Waals surface area (Å²) in [6, 6.07) is 7.70. The Hall–Kier alpha value is -2.28. The van der Waals surface area contributed by atoms with Crippen molar-refractivity contribution in [2.75, 3.05) is 14.2 Å². The summed E-state index contributed by atoms with van der Waals surface area (Å²) < 4.78 is 10.7. The second-order valence-electron chi connectivity index (χ2n) is 3.96. The van der Waals surface area contributed by atoms with Gasteiger partial charge in [-0.15, -0.1) is 0 Å². The number of nitrogens with zero attached hydrogens (tertiary/aromatic N) is 2. The molecule has 0 unspecified atom stereocenters. The first-order valence-corrected chi connectivity index (χ1v) is 5.59. The SMILES string of the molecule is COc1ccc(OC)c2c(C)cc(CC#N)nc12. The Morgan fingerprint density at radius 1 is 1.22 bits per heavy atom. The number of hydrogen-bond acceptors (Lipinski definition) is 4. The molecule has 0 saturated carbocycles. The van der Waals surface area contributed by atoms with Gasteiger partial charge in [0.15, 0.2) is 0 Å². The molecule has 18 heavy (non-hydrogen) atoms. The van der Waals surface area contributed by atoms with Gasteiger partial charge in [-0.2, -0.15) is 5.26 Å². The predicted molar refractivity (Wildman–Crippen MR) is 68.9 cm³/mol. The highest BCUT2D eigenvalue weighted by atomic mass is 16.5. The van der Waals surface area contributed by atoms with E-state index in [1.807, 2.05) is 25.1 Å². The number of benzene rings is 1. The summed E-state index contributed by atoms with van der Waals surface area (Å²) in [6.45, 7) is 1.98. The summed E-state index contributed by atoms with van der Waals surface area (Å²) in [5, 5.41) is 9.69. The molecule has 0 aliphatic carbocycles. The minimum absolute atomic E-state index is 0.289. The van der Waals surface area contributed by atoms with E-state index < -0.39 is 0 Å². The number of ether oxygens (including phenoxy) is 2. The lowest BCUT2D eigenvalue weighted by atomic mass is 10.1. The molecular weight excluding hydrogens is 228 g/mol. The molecule has 4 heteroatoms. The number of hydrogen-bond donors (Lipinski definition) is 0. The zero-order chi connectivity index (χ0) is 13.1. The maximum absolute atomic E-state index is 8.76. The molecule has 92 valence electrons.